The molecule has 0 unspecified atom stereocenters. The molecule has 0 aliphatic carbocycles. The van der Waals surface area contributed by atoms with Crippen molar-refractivity contribution in [2.45, 2.75) is 20.3 Å². The second-order valence-corrected chi connectivity index (χ2v) is 4.15. The molecule has 1 aromatic heterocycles. The van der Waals surface area contributed by atoms with Crippen LogP contribution in [0.5, 0.6) is 0 Å². The van der Waals surface area contributed by atoms with Crippen LogP contribution in [0.1, 0.15) is 17.0 Å². The van der Waals surface area contributed by atoms with E-state index in [1.807, 2.05) is 50.2 Å². The molecule has 2 rings (SSSR count). The van der Waals surface area contributed by atoms with E-state index in [0.717, 1.165) is 22.6 Å². The minimum absolute atomic E-state index is 0.0488. The average molecular weight is 229 g/mol. The smallest absolute Gasteiger partial charge is 0.307 e. The van der Waals surface area contributed by atoms with Gasteiger partial charge in [0.1, 0.15) is 0 Å². The predicted octanol–water partition coefficient (Wildman–Crippen LogP) is 2.72. The first-order valence-electron chi connectivity index (χ1n) is 5.54. The molecule has 0 aliphatic rings. The van der Waals surface area contributed by atoms with Crippen molar-refractivity contribution in [2.75, 3.05) is 0 Å². The minimum atomic E-state index is -0.806. The Morgan fingerprint density at radius 1 is 1.12 bits per heavy atom. The molecule has 3 nitrogen and oxygen atoms in total. The lowest BCUT2D eigenvalue weighted by molar-refractivity contribution is -0.136. The lowest BCUT2D eigenvalue weighted by Crippen LogP contribution is -2.07. The summed E-state index contributed by atoms with van der Waals surface area (Å²) in [4.78, 5) is 10.9. The summed E-state index contributed by atoms with van der Waals surface area (Å²) in [5, 5.41) is 8.92. The number of aryl methyl sites for hydroxylation is 2. The Morgan fingerprint density at radius 2 is 1.71 bits per heavy atom. The van der Waals surface area contributed by atoms with Crippen molar-refractivity contribution in [2.24, 2.45) is 0 Å². The Morgan fingerprint density at radius 3 is 2.29 bits per heavy atom. The third-order valence-corrected chi connectivity index (χ3v) is 2.85. The monoisotopic (exact) mass is 229 g/mol. The molecular weight excluding hydrogens is 214 g/mol. The molecule has 88 valence electrons. The second-order valence-electron chi connectivity index (χ2n) is 4.15. The maximum atomic E-state index is 10.9. The quantitative estimate of drug-likeness (QED) is 0.879. The molecule has 1 aromatic carbocycles. The first kappa shape index (κ1) is 11.5. The van der Waals surface area contributed by atoms with Crippen LogP contribution >= 0.6 is 0 Å². The van der Waals surface area contributed by atoms with Gasteiger partial charge in [0.25, 0.3) is 0 Å². The van der Waals surface area contributed by atoms with Crippen molar-refractivity contribution in [1.29, 1.82) is 0 Å². The van der Waals surface area contributed by atoms with Crippen molar-refractivity contribution < 1.29 is 9.90 Å². The van der Waals surface area contributed by atoms with Crippen molar-refractivity contribution >= 4 is 5.97 Å². The highest BCUT2D eigenvalue weighted by molar-refractivity contribution is 5.72. The van der Waals surface area contributed by atoms with Gasteiger partial charge in [0, 0.05) is 17.1 Å². The van der Waals surface area contributed by atoms with E-state index in [4.69, 9.17) is 5.11 Å². The largest absolute Gasteiger partial charge is 0.481 e. The fourth-order valence-electron chi connectivity index (χ4n) is 2.09. The van der Waals surface area contributed by atoms with Gasteiger partial charge in [0.05, 0.1) is 6.42 Å². The van der Waals surface area contributed by atoms with Gasteiger partial charge in [-0.2, -0.15) is 0 Å². The molecule has 1 N–H and O–H groups in total. The molecule has 3 heteroatoms. The molecule has 0 fully saturated rings. The Labute approximate surface area is 100 Å². The van der Waals surface area contributed by atoms with Crippen molar-refractivity contribution in [1.82, 2.24) is 4.57 Å². The third-order valence-electron chi connectivity index (χ3n) is 2.85. The fourth-order valence-corrected chi connectivity index (χ4v) is 2.09. The lowest BCUT2D eigenvalue weighted by atomic mass is 10.1. The highest BCUT2D eigenvalue weighted by Gasteiger charge is 2.10. The molecule has 0 bridgehead atoms. The summed E-state index contributed by atoms with van der Waals surface area (Å²) >= 11 is 0. The number of hydrogen-bond acceptors (Lipinski definition) is 1. The minimum Gasteiger partial charge on any atom is -0.481 e. The number of carboxylic acids is 1. The topological polar surface area (TPSA) is 42.2 Å². The highest BCUT2D eigenvalue weighted by atomic mass is 16.4. The Hall–Kier alpha value is -2.03. The SMILES string of the molecule is Cc1ccc(C)n1-c1ccccc1CC(=O)O. The number of hydrogen-bond donors (Lipinski definition) is 1. The van der Waals surface area contributed by atoms with Crippen LogP contribution in [0.3, 0.4) is 0 Å². The van der Waals surface area contributed by atoms with Crippen LogP contribution in [0.25, 0.3) is 5.69 Å². The molecule has 0 aliphatic heterocycles. The maximum Gasteiger partial charge on any atom is 0.307 e. The van der Waals surface area contributed by atoms with E-state index in [1.54, 1.807) is 0 Å². The van der Waals surface area contributed by atoms with E-state index in [-0.39, 0.29) is 6.42 Å². The van der Waals surface area contributed by atoms with Crippen molar-refractivity contribution in [3.8, 4) is 5.69 Å². The van der Waals surface area contributed by atoms with E-state index in [0.29, 0.717) is 0 Å². The number of aliphatic carboxylic acids is 1. The number of carbonyl (C=O) groups is 1. The summed E-state index contributed by atoms with van der Waals surface area (Å²) in [5.41, 5.74) is 4.01. The number of rotatable bonds is 3. The molecule has 0 saturated heterocycles. The predicted molar refractivity (Wildman–Crippen MR) is 66.6 cm³/mol. The Bertz CT molecular complexity index is 536. The van der Waals surface area contributed by atoms with Crippen LogP contribution in [-0.2, 0) is 11.2 Å². The zero-order valence-electron chi connectivity index (χ0n) is 9.97. The number of aromatic nitrogens is 1. The van der Waals surface area contributed by atoms with E-state index >= 15 is 0 Å². The molecule has 0 saturated carbocycles. The van der Waals surface area contributed by atoms with Crippen molar-refractivity contribution in [3.05, 3.63) is 53.3 Å². The van der Waals surface area contributed by atoms with Gasteiger partial charge in [0.2, 0.25) is 0 Å². The van der Waals surface area contributed by atoms with Gasteiger partial charge in [-0.15, -0.1) is 0 Å². The van der Waals surface area contributed by atoms with Crippen LogP contribution in [0, 0.1) is 13.8 Å². The summed E-state index contributed by atoms with van der Waals surface area (Å²) in [6.07, 6.45) is 0.0488. The molecule has 0 amide bonds. The summed E-state index contributed by atoms with van der Waals surface area (Å²) in [6.45, 7) is 4.04. The summed E-state index contributed by atoms with van der Waals surface area (Å²) < 4.78 is 2.08. The van der Waals surface area contributed by atoms with Gasteiger partial charge in [-0.25, -0.2) is 0 Å². The standard InChI is InChI=1S/C14H15NO2/c1-10-7-8-11(2)15(10)13-6-4-3-5-12(13)9-14(16)17/h3-8H,9H2,1-2H3,(H,16,17). The first-order chi connectivity index (χ1) is 8.09. The molecule has 0 radical (unpaired) electrons. The van der Waals surface area contributed by atoms with Crippen LogP contribution < -0.4 is 0 Å². The van der Waals surface area contributed by atoms with Gasteiger partial charge >= 0.3 is 5.97 Å². The zero-order valence-corrected chi connectivity index (χ0v) is 9.97. The van der Waals surface area contributed by atoms with Gasteiger partial charge in [-0.1, -0.05) is 18.2 Å². The van der Waals surface area contributed by atoms with Crippen LogP contribution in [0.15, 0.2) is 36.4 Å². The van der Waals surface area contributed by atoms with Gasteiger partial charge in [-0.05, 0) is 37.6 Å². The summed E-state index contributed by atoms with van der Waals surface area (Å²) in [5.74, 6) is -0.806. The summed E-state index contributed by atoms with van der Waals surface area (Å²) in [7, 11) is 0. The van der Waals surface area contributed by atoms with Crippen molar-refractivity contribution in [3.63, 3.8) is 0 Å². The normalized spacial score (nSPS) is 10.5. The van der Waals surface area contributed by atoms with E-state index in [1.165, 1.54) is 0 Å². The Balaban J connectivity index is 2.55. The zero-order chi connectivity index (χ0) is 12.4. The number of nitrogens with zero attached hydrogens (tertiary/aromatic N) is 1. The third kappa shape index (κ3) is 2.23. The molecule has 2 aromatic rings. The fraction of sp³-hybridized carbons (Fsp3) is 0.214. The number of carboxylic acid groups (broad SMARTS) is 1. The van der Waals surface area contributed by atoms with Crippen LogP contribution in [0.2, 0.25) is 0 Å². The maximum absolute atomic E-state index is 10.9. The van der Waals surface area contributed by atoms with Crippen LogP contribution in [0.4, 0.5) is 0 Å². The van der Waals surface area contributed by atoms with E-state index < -0.39 is 5.97 Å². The molecule has 1 heterocycles. The lowest BCUT2D eigenvalue weighted by Gasteiger charge is -2.13. The van der Waals surface area contributed by atoms with E-state index in [2.05, 4.69) is 4.57 Å². The average Bonchev–Trinajstić information content (AvgIpc) is 2.59. The first-order valence-corrected chi connectivity index (χ1v) is 5.54. The van der Waals surface area contributed by atoms with Gasteiger partial charge < -0.3 is 9.67 Å². The van der Waals surface area contributed by atoms with E-state index in [9.17, 15) is 4.79 Å². The molecular formula is C14H15NO2. The van der Waals surface area contributed by atoms with Crippen LogP contribution in [-0.4, -0.2) is 15.6 Å². The molecule has 0 spiro atoms. The highest BCUT2D eigenvalue weighted by Crippen LogP contribution is 2.20. The Kier molecular flexibility index (Phi) is 3.00. The number of benzene rings is 1. The van der Waals surface area contributed by atoms with Gasteiger partial charge in [-0.3, -0.25) is 4.79 Å². The second kappa shape index (κ2) is 4.45. The van der Waals surface area contributed by atoms with Gasteiger partial charge in [0.15, 0.2) is 0 Å². The summed E-state index contributed by atoms with van der Waals surface area (Å²) in [6, 6.07) is 11.7. The number of para-hydroxylation sites is 1. The molecule has 0 atom stereocenters. The molecule has 17 heavy (non-hydrogen) atoms.